The molecule has 0 amide bonds. The summed E-state index contributed by atoms with van der Waals surface area (Å²) in [6, 6.07) is 0.863. The van der Waals surface area contributed by atoms with Crippen LogP contribution in [0.5, 0.6) is 0 Å². The third kappa shape index (κ3) is 2.99. The maximum atomic E-state index is 12.3. The van der Waals surface area contributed by atoms with Gasteiger partial charge >= 0.3 is 0 Å². The van der Waals surface area contributed by atoms with Crippen LogP contribution in [0.15, 0.2) is 15.6 Å². The highest BCUT2D eigenvalue weighted by molar-refractivity contribution is 9.10. The summed E-state index contributed by atoms with van der Waals surface area (Å²) < 4.78 is 46.3. The van der Waals surface area contributed by atoms with Crippen molar-refractivity contribution in [2.75, 3.05) is 0 Å². The summed E-state index contributed by atoms with van der Waals surface area (Å²) in [5.41, 5.74) is -0.748. The van der Waals surface area contributed by atoms with E-state index < -0.39 is 26.2 Å². The summed E-state index contributed by atoms with van der Waals surface area (Å²) in [5, 5.41) is -0.911. The summed E-state index contributed by atoms with van der Waals surface area (Å²) in [7, 11) is 0.773. The molecule has 0 aromatic carbocycles. The van der Waals surface area contributed by atoms with E-state index in [2.05, 4.69) is 20.9 Å². The molecule has 84 valence electrons. The normalized spacial score (nSPS) is 12.1. The van der Waals surface area contributed by atoms with Gasteiger partial charge in [-0.25, -0.2) is 22.2 Å². The van der Waals surface area contributed by atoms with Crippen LogP contribution in [-0.4, -0.2) is 13.4 Å². The molecule has 0 spiro atoms. The molecule has 0 fully saturated rings. The lowest BCUT2D eigenvalue weighted by molar-refractivity contribution is 0.145. The highest BCUT2D eigenvalue weighted by Crippen LogP contribution is 2.33. The Hall–Kier alpha value is 0.0200. The van der Waals surface area contributed by atoms with E-state index in [9.17, 15) is 17.2 Å². The second-order valence-corrected chi connectivity index (χ2v) is 6.07. The molecule has 9 heteroatoms. The minimum absolute atomic E-state index is 0.136. The van der Waals surface area contributed by atoms with Gasteiger partial charge in [-0.2, -0.15) is 0 Å². The Morgan fingerprint density at radius 1 is 1.47 bits per heavy atom. The SMILES string of the molecule is O=S(=O)(Cl)c1nc(C(F)F)cc(Cl)c1Br. The predicted molar refractivity (Wildman–Crippen MR) is 54.9 cm³/mol. The van der Waals surface area contributed by atoms with Crippen LogP contribution in [0.2, 0.25) is 5.02 Å². The van der Waals surface area contributed by atoms with Crippen molar-refractivity contribution in [2.45, 2.75) is 11.5 Å². The van der Waals surface area contributed by atoms with Crippen molar-refractivity contribution in [3.8, 4) is 0 Å². The molecule has 0 saturated heterocycles. The molecule has 0 atom stereocenters. The van der Waals surface area contributed by atoms with E-state index in [1.165, 1.54) is 0 Å². The van der Waals surface area contributed by atoms with Crippen molar-refractivity contribution in [1.29, 1.82) is 0 Å². The Balaban J connectivity index is 3.52. The van der Waals surface area contributed by atoms with Crippen LogP contribution in [0.4, 0.5) is 8.78 Å². The van der Waals surface area contributed by atoms with Gasteiger partial charge in [0.2, 0.25) is 0 Å². The van der Waals surface area contributed by atoms with E-state index in [-0.39, 0.29) is 9.50 Å². The van der Waals surface area contributed by atoms with Crippen molar-refractivity contribution in [3.63, 3.8) is 0 Å². The fraction of sp³-hybridized carbons (Fsp3) is 0.167. The zero-order valence-corrected chi connectivity index (χ0v) is 10.6. The zero-order valence-electron chi connectivity index (χ0n) is 6.72. The first-order chi connectivity index (χ1) is 6.73. The Bertz CT molecular complexity index is 494. The van der Waals surface area contributed by atoms with Crippen molar-refractivity contribution in [2.24, 2.45) is 0 Å². The van der Waals surface area contributed by atoms with Gasteiger partial charge in [-0.3, -0.25) is 0 Å². The first-order valence-electron chi connectivity index (χ1n) is 3.32. The quantitative estimate of drug-likeness (QED) is 0.775. The van der Waals surface area contributed by atoms with Gasteiger partial charge in [0.1, 0.15) is 5.69 Å². The molecule has 1 heterocycles. The molecule has 0 aliphatic rings. The Morgan fingerprint density at radius 2 is 2.00 bits per heavy atom. The van der Waals surface area contributed by atoms with Crippen LogP contribution in [0, 0.1) is 0 Å². The van der Waals surface area contributed by atoms with Crippen LogP contribution >= 0.6 is 38.2 Å². The molecule has 0 unspecified atom stereocenters. The van der Waals surface area contributed by atoms with Crippen molar-refractivity contribution >= 4 is 47.3 Å². The predicted octanol–water partition coefficient (Wildman–Crippen LogP) is 3.36. The number of rotatable bonds is 2. The van der Waals surface area contributed by atoms with Gasteiger partial charge < -0.3 is 0 Å². The van der Waals surface area contributed by atoms with E-state index in [1.54, 1.807) is 0 Å². The molecule has 1 aromatic rings. The average molecular weight is 341 g/mol. The van der Waals surface area contributed by atoms with E-state index in [1.807, 2.05) is 0 Å². The minimum atomic E-state index is -4.22. The van der Waals surface area contributed by atoms with Crippen LogP contribution in [0.1, 0.15) is 12.1 Å². The van der Waals surface area contributed by atoms with Gasteiger partial charge in [0.25, 0.3) is 15.5 Å². The number of hydrogen-bond donors (Lipinski definition) is 0. The molecule has 0 N–H and O–H groups in total. The summed E-state index contributed by atoms with van der Waals surface area (Å²) in [6.45, 7) is 0. The fourth-order valence-corrected chi connectivity index (χ4v) is 3.02. The smallest absolute Gasteiger partial charge is 0.233 e. The summed E-state index contributed by atoms with van der Waals surface area (Å²) in [5.74, 6) is 0. The van der Waals surface area contributed by atoms with E-state index in [4.69, 9.17) is 22.3 Å². The van der Waals surface area contributed by atoms with Crippen LogP contribution < -0.4 is 0 Å². The average Bonchev–Trinajstić information content (AvgIpc) is 2.06. The number of alkyl halides is 2. The first-order valence-corrected chi connectivity index (χ1v) is 6.80. The summed E-state index contributed by atoms with van der Waals surface area (Å²) >= 11 is 8.32. The standard InChI is InChI=1S/C6H2BrCl2F2NO2S/c7-4-2(8)1-3(5(10)11)12-6(4)15(9,13)14/h1,5H. The fourth-order valence-electron chi connectivity index (χ4n) is 0.767. The van der Waals surface area contributed by atoms with Crippen LogP contribution in [0.25, 0.3) is 0 Å². The number of pyridine rings is 1. The van der Waals surface area contributed by atoms with Gasteiger partial charge in [0.15, 0.2) is 5.03 Å². The molecule has 0 saturated carbocycles. The van der Waals surface area contributed by atoms with Crippen molar-refractivity contribution in [1.82, 2.24) is 4.98 Å². The van der Waals surface area contributed by atoms with Crippen molar-refractivity contribution < 1.29 is 17.2 Å². The molecule has 15 heavy (non-hydrogen) atoms. The maximum absolute atomic E-state index is 12.3. The number of hydrogen-bond acceptors (Lipinski definition) is 3. The molecule has 0 aliphatic heterocycles. The highest BCUT2D eigenvalue weighted by Gasteiger charge is 2.22. The lowest BCUT2D eigenvalue weighted by Crippen LogP contribution is -2.01. The second-order valence-electron chi connectivity index (χ2n) is 2.39. The number of nitrogens with zero attached hydrogens (tertiary/aromatic N) is 1. The molecule has 0 aliphatic carbocycles. The number of halogens is 5. The largest absolute Gasteiger partial charge is 0.280 e. The Kier molecular flexibility index (Phi) is 3.91. The van der Waals surface area contributed by atoms with Gasteiger partial charge in [-0.15, -0.1) is 0 Å². The number of aromatic nitrogens is 1. The molecular weight excluding hydrogens is 339 g/mol. The highest BCUT2D eigenvalue weighted by atomic mass is 79.9. The summed E-state index contributed by atoms with van der Waals surface area (Å²) in [4.78, 5) is 3.20. The van der Waals surface area contributed by atoms with Gasteiger partial charge in [0.05, 0.1) is 9.50 Å². The molecule has 3 nitrogen and oxygen atoms in total. The topological polar surface area (TPSA) is 47.0 Å². The third-order valence-corrected chi connectivity index (χ3v) is 4.14. The second kappa shape index (κ2) is 4.48. The van der Waals surface area contributed by atoms with Gasteiger partial charge in [0, 0.05) is 10.7 Å². The maximum Gasteiger partial charge on any atom is 0.280 e. The minimum Gasteiger partial charge on any atom is -0.233 e. The van der Waals surface area contributed by atoms with E-state index >= 15 is 0 Å². The van der Waals surface area contributed by atoms with Gasteiger partial charge in [-0.05, 0) is 22.0 Å². The third-order valence-electron chi connectivity index (χ3n) is 1.36. The summed E-state index contributed by atoms with van der Waals surface area (Å²) in [6.07, 6.45) is -2.92. The molecule has 0 bridgehead atoms. The molecule has 1 aromatic heterocycles. The molecular formula is C6H2BrCl2F2NO2S. The monoisotopic (exact) mass is 339 g/mol. The van der Waals surface area contributed by atoms with Crippen LogP contribution in [-0.2, 0) is 9.05 Å². The van der Waals surface area contributed by atoms with Gasteiger partial charge in [-0.1, -0.05) is 11.6 Å². The van der Waals surface area contributed by atoms with Crippen LogP contribution in [0.3, 0.4) is 0 Å². The lowest BCUT2D eigenvalue weighted by Gasteiger charge is -2.05. The zero-order chi connectivity index (χ0) is 11.8. The van der Waals surface area contributed by atoms with E-state index in [0.29, 0.717) is 0 Å². The molecule has 1 rings (SSSR count). The van der Waals surface area contributed by atoms with E-state index in [0.717, 1.165) is 6.07 Å². The Labute approximate surface area is 102 Å². The Morgan fingerprint density at radius 3 is 2.40 bits per heavy atom. The lowest BCUT2D eigenvalue weighted by atomic mass is 10.4. The first kappa shape index (κ1) is 13.1. The molecule has 0 radical (unpaired) electrons. The van der Waals surface area contributed by atoms with Crippen molar-refractivity contribution in [3.05, 3.63) is 21.3 Å².